The number of aromatic nitrogens is 1. The Balaban J connectivity index is 1.68. The number of rotatable bonds is 4. The third-order valence-electron chi connectivity index (χ3n) is 4.45. The fourth-order valence-electron chi connectivity index (χ4n) is 3.07. The van der Waals surface area contributed by atoms with Crippen LogP contribution in [0.25, 0.3) is 22.6 Å². The fourth-order valence-corrected chi connectivity index (χ4v) is 3.07. The summed E-state index contributed by atoms with van der Waals surface area (Å²) in [7, 11) is 0. The van der Waals surface area contributed by atoms with E-state index in [9.17, 15) is 15.2 Å². The number of aryl methyl sites for hydroxylation is 2. The Labute approximate surface area is 166 Å². The van der Waals surface area contributed by atoms with Crippen molar-refractivity contribution in [2.75, 3.05) is 0 Å². The van der Waals surface area contributed by atoms with Crippen LogP contribution in [0.5, 0.6) is 5.75 Å². The topological polar surface area (TPSA) is 102 Å². The Morgan fingerprint density at radius 2 is 1.93 bits per heavy atom. The number of hydrogen-bond donors (Lipinski definition) is 1. The SMILES string of the molecule is Cc1cccc(-c2nc3cc(N=Cc4cc(C)cc([N+](=O)[O-])c4O)ccc3o2)c1. The van der Waals surface area contributed by atoms with E-state index in [0.29, 0.717) is 28.2 Å². The average molecular weight is 387 g/mol. The molecular weight excluding hydrogens is 370 g/mol. The van der Waals surface area contributed by atoms with E-state index < -0.39 is 10.7 Å². The highest BCUT2D eigenvalue weighted by Gasteiger charge is 2.17. The van der Waals surface area contributed by atoms with Crippen LogP contribution in [0.3, 0.4) is 0 Å². The third-order valence-corrected chi connectivity index (χ3v) is 4.45. The summed E-state index contributed by atoms with van der Waals surface area (Å²) in [4.78, 5) is 19.3. The highest BCUT2D eigenvalue weighted by atomic mass is 16.6. The van der Waals surface area contributed by atoms with Gasteiger partial charge in [0.25, 0.3) is 0 Å². The van der Waals surface area contributed by atoms with E-state index in [2.05, 4.69) is 9.98 Å². The number of nitro benzene ring substituents is 1. The van der Waals surface area contributed by atoms with Gasteiger partial charge in [-0.2, -0.15) is 0 Å². The Morgan fingerprint density at radius 1 is 1.10 bits per heavy atom. The molecule has 0 radical (unpaired) electrons. The fraction of sp³-hybridized carbons (Fsp3) is 0.0909. The number of benzene rings is 3. The molecule has 0 spiro atoms. The van der Waals surface area contributed by atoms with Crippen LogP contribution in [0, 0.1) is 24.0 Å². The van der Waals surface area contributed by atoms with E-state index in [1.807, 2.05) is 31.2 Å². The molecule has 0 unspecified atom stereocenters. The molecule has 144 valence electrons. The van der Waals surface area contributed by atoms with Crippen LogP contribution in [0.4, 0.5) is 11.4 Å². The van der Waals surface area contributed by atoms with Crippen molar-refractivity contribution in [2.24, 2.45) is 4.99 Å². The Kier molecular flexibility index (Phi) is 4.56. The van der Waals surface area contributed by atoms with E-state index in [1.54, 1.807) is 31.2 Å². The van der Waals surface area contributed by atoms with Crippen molar-refractivity contribution in [1.82, 2.24) is 4.98 Å². The van der Waals surface area contributed by atoms with Gasteiger partial charge in [0.1, 0.15) is 5.52 Å². The summed E-state index contributed by atoms with van der Waals surface area (Å²) in [5, 5.41) is 21.2. The Bertz CT molecular complexity index is 1270. The minimum absolute atomic E-state index is 0.275. The van der Waals surface area contributed by atoms with Gasteiger partial charge in [-0.3, -0.25) is 15.1 Å². The Hall–Kier alpha value is -4.00. The molecule has 0 fully saturated rings. The molecule has 0 amide bonds. The number of fused-ring (bicyclic) bond motifs is 1. The van der Waals surface area contributed by atoms with E-state index in [-0.39, 0.29) is 11.3 Å². The molecule has 0 bridgehead atoms. The van der Waals surface area contributed by atoms with Crippen molar-refractivity contribution < 1.29 is 14.4 Å². The molecule has 0 saturated heterocycles. The van der Waals surface area contributed by atoms with E-state index in [0.717, 1.165) is 11.1 Å². The number of hydrogen-bond acceptors (Lipinski definition) is 6. The number of oxazole rings is 1. The van der Waals surface area contributed by atoms with Gasteiger partial charge in [0.05, 0.1) is 10.6 Å². The van der Waals surface area contributed by atoms with Gasteiger partial charge in [0.2, 0.25) is 11.6 Å². The van der Waals surface area contributed by atoms with Crippen LogP contribution in [0.1, 0.15) is 16.7 Å². The molecule has 0 atom stereocenters. The third kappa shape index (κ3) is 3.70. The second-order valence-corrected chi connectivity index (χ2v) is 6.78. The van der Waals surface area contributed by atoms with Crippen molar-refractivity contribution >= 4 is 28.7 Å². The van der Waals surface area contributed by atoms with Crippen molar-refractivity contribution in [3.05, 3.63) is 81.4 Å². The van der Waals surface area contributed by atoms with Crippen LogP contribution in [0.2, 0.25) is 0 Å². The first-order valence-corrected chi connectivity index (χ1v) is 8.90. The highest BCUT2D eigenvalue weighted by Crippen LogP contribution is 2.31. The molecule has 1 aromatic heterocycles. The van der Waals surface area contributed by atoms with Gasteiger partial charge >= 0.3 is 5.69 Å². The van der Waals surface area contributed by atoms with Gasteiger partial charge in [0, 0.05) is 23.4 Å². The number of phenolic OH excluding ortho intramolecular Hbond substituents is 1. The molecule has 0 aliphatic carbocycles. The Morgan fingerprint density at radius 3 is 2.69 bits per heavy atom. The molecule has 0 aliphatic rings. The molecule has 7 nitrogen and oxygen atoms in total. The van der Waals surface area contributed by atoms with Crippen LogP contribution in [0.15, 0.2) is 64.0 Å². The summed E-state index contributed by atoms with van der Waals surface area (Å²) in [5.41, 5.74) is 4.46. The van der Waals surface area contributed by atoms with Crippen molar-refractivity contribution in [3.63, 3.8) is 0 Å². The van der Waals surface area contributed by atoms with Gasteiger partial charge < -0.3 is 9.52 Å². The second-order valence-electron chi connectivity index (χ2n) is 6.78. The molecule has 0 aliphatic heterocycles. The monoisotopic (exact) mass is 387 g/mol. The maximum atomic E-state index is 11.1. The van der Waals surface area contributed by atoms with E-state index in [1.165, 1.54) is 12.3 Å². The maximum Gasteiger partial charge on any atom is 0.311 e. The van der Waals surface area contributed by atoms with Crippen molar-refractivity contribution in [3.8, 4) is 17.2 Å². The maximum absolute atomic E-state index is 11.1. The van der Waals surface area contributed by atoms with Gasteiger partial charge in [-0.1, -0.05) is 17.7 Å². The summed E-state index contributed by atoms with van der Waals surface area (Å²) >= 11 is 0. The van der Waals surface area contributed by atoms with E-state index in [4.69, 9.17) is 4.42 Å². The van der Waals surface area contributed by atoms with Gasteiger partial charge in [-0.05, 0) is 55.8 Å². The van der Waals surface area contributed by atoms with Crippen molar-refractivity contribution in [2.45, 2.75) is 13.8 Å². The summed E-state index contributed by atoms with van der Waals surface area (Å²) in [6.45, 7) is 3.72. The predicted octanol–water partition coefficient (Wildman–Crippen LogP) is 5.48. The molecule has 29 heavy (non-hydrogen) atoms. The normalized spacial score (nSPS) is 11.4. The first-order valence-electron chi connectivity index (χ1n) is 8.90. The van der Waals surface area contributed by atoms with Crippen LogP contribution in [-0.4, -0.2) is 21.2 Å². The molecule has 3 aromatic carbocycles. The van der Waals surface area contributed by atoms with Gasteiger partial charge in [-0.15, -0.1) is 0 Å². The lowest BCUT2D eigenvalue weighted by Gasteiger charge is -2.02. The number of nitrogens with zero attached hydrogens (tertiary/aromatic N) is 3. The average Bonchev–Trinajstić information content (AvgIpc) is 3.11. The number of nitro groups is 1. The number of phenols is 1. The van der Waals surface area contributed by atoms with E-state index >= 15 is 0 Å². The standard InChI is InChI=1S/C22H17N3O4/c1-13-4-3-5-15(8-13)22-24-18-11-17(6-7-20(18)29-22)23-12-16-9-14(2)10-19(21(16)26)25(27)28/h3-12,26H,1-2H3. The molecule has 1 heterocycles. The largest absolute Gasteiger partial charge is 0.502 e. The summed E-state index contributed by atoms with van der Waals surface area (Å²) in [5.74, 6) is 0.116. The minimum atomic E-state index is -0.617. The van der Waals surface area contributed by atoms with Crippen LogP contribution in [-0.2, 0) is 0 Å². The zero-order chi connectivity index (χ0) is 20.5. The lowest BCUT2D eigenvalue weighted by molar-refractivity contribution is -0.385. The number of aliphatic imine (C=N–C) groups is 1. The predicted molar refractivity (Wildman–Crippen MR) is 111 cm³/mol. The molecule has 7 heteroatoms. The first-order chi connectivity index (χ1) is 13.9. The quantitative estimate of drug-likeness (QED) is 0.284. The molecule has 1 N–H and O–H groups in total. The lowest BCUT2D eigenvalue weighted by atomic mass is 10.1. The lowest BCUT2D eigenvalue weighted by Crippen LogP contribution is -1.93. The smallest absolute Gasteiger partial charge is 0.311 e. The number of aromatic hydroxyl groups is 1. The summed E-state index contributed by atoms with van der Waals surface area (Å²) in [6, 6.07) is 16.1. The highest BCUT2D eigenvalue weighted by molar-refractivity contribution is 5.89. The van der Waals surface area contributed by atoms with Gasteiger partial charge in [-0.25, -0.2) is 4.98 Å². The second kappa shape index (κ2) is 7.20. The van der Waals surface area contributed by atoms with Crippen LogP contribution >= 0.6 is 0 Å². The zero-order valence-electron chi connectivity index (χ0n) is 15.8. The summed E-state index contributed by atoms with van der Waals surface area (Å²) in [6.07, 6.45) is 1.40. The first kappa shape index (κ1) is 18.4. The molecular formula is C22H17N3O4. The van der Waals surface area contributed by atoms with Crippen LogP contribution < -0.4 is 0 Å². The van der Waals surface area contributed by atoms with Crippen molar-refractivity contribution in [1.29, 1.82) is 0 Å². The zero-order valence-corrected chi connectivity index (χ0v) is 15.8. The summed E-state index contributed by atoms with van der Waals surface area (Å²) < 4.78 is 5.83. The molecule has 0 saturated carbocycles. The molecule has 4 rings (SSSR count). The van der Waals surface area contributed by atoms with Gasteiger partial charge in [0.15, 0.2) is 5.58 Å². The molecule has 4 aromatic rings. The minimum Gasteiger partial charge on any atom is -0.502 e.